The molecule has 0 aliphatic carbocycles. The van der Waals surface area contributed by atoms with Gasteiger partial charge < -0.3 is 9.80 Å². The lowest BCUT2D eigenvalue weighted by Crippen LogP contribution is -2.54. The smallest absolute Gasteiger partial charge is 0.255 e. The van der Waals surface area contributed by atoms with Crippen LogP contribution in [-0.2, 0) is 6.42 Å². The van der Waals surface area contributed by atoms with E-state index in [9.17, 15) is 4.79 Å². The summed E-state index contributed by atoms with van der Waals surface area (Å²) in [6.07, 6.45) is 0.723. The van der Waals surface area contributed by atoms with Crippen LogP contribution in [0.15, 0.2) is 48.5 Å². The van der Waals surface area contributed by atoms with E-state index < -0.39 is 0 Å². The van der Waals surface area contributed by atoms with Crippen LogP contribution in [-0.4, -0.2) is 45.8 Å². The number of amides is 1. The van der Waals surface area contributed by atoms with Gasteiger partial charge in [-0.2, -0.15) is 4.37 Å². The molecule has 150 valence electrons. The number of aromatic nitrogens is 2. The molecular weight excluding hydrogens is 427 g/mol. The Bertz CT molecular complexity index is 1010. The zero-order chi connectivity index (χ0) is 20.4. The maximum Gasteiger partial charge on any atom is 0.255 e. The van der Waals surface area contributed by atoms with Gasteiger partial charge >= 0.3 is 0 Å². The van der Waals surface area contributed by atoms with Crippen LogP contribution < -0.4 is 4.90 Å². The average molecular weight is 447 g/mol. The van der Waals surface area contributed by atoms with Gasteiger partial charge in [-0.1, -0.05) is 53.5 Å². The van der Waals surface area contributed by atoms with E-state index in [0.29, 0.717) is 35.2 Å². The molecular formula is C21H20Cl2N4OS. The molecule has 8 heteroatoms. The molecule has 5 nitrogen and oxygen atoms in total. The molecule has 3 aromatic rings. The number of hydrogen-bond donors (Lipinski definition) is 0. The number of carbonyl (C=O) groups excluding carboxylic acids is 1. The van der Waals surface area contributed by atoms with Crippen molar-refractivity contribution in [3.05, 3.63) is 75.5 Å². The Morgan fingerprint density at radius 2 is 1.97 bits per heavy atom. The van der Waals surface area contributed by atoms with Crippen LogP contribution in [0.2, 0.25) is 10.0 Å². The number of anilines is 1. The van der Waals surface area contributed by atoms with Crippen molar-refractivity contribution in [2.75, 3.05) is 24.5 Å². The molecule has 1 saturated heterocycles. The van der Waals surface area contributed by atoms with Crippen molar-refractivity contribution in [3.8, 4) is 0 Å². The fraction of sp³-hybridized carbons (Fsp3) is 0.286. The SMILES string of the molecule is CC1CN(c2nc(Cc3ccccc3)ns2)CCN1C(=O)c1ccc(Cl)cc1Cl. The van der Waals surface area contributed by atoms with Gasteiger partial charge in [-0.05, 0) is 30.7 Å². The van der Waals surface area contributed by atoms with E-state index in [1.807, 2.05) is 30.0 Å². The lowest BCUT2D eigenvalue weighted by Gasteiger charge is -2.39. The van der Waals surface area contributed by atoms with Crippen LogP contribution in [0.4, 0.5) is 5.13 Å². The molecule has 1 aliphatic rings. The van der Waals surface area contributed by atoms with Crippen LogP contribution in [0.5, 0.6) is 0 Å². The minimum atomic E-state index is -0.0687. The fourth-order valence-corrected chi connectivity index (χ4v) is 4.68. The van der Waals surface area contributed by atoms with Crippen LogP contribution in [0.1, 0.15) is 28.7 Å². The van der Waals surface area contributed by atoms with Gasteiger partial charge in [0.15, 0.2) is 0 Å². The first-order valence-electron chi connectivity index (χ1n) is 9.39. The van der Waals surface area contributed by atoms with Crippen molar-refractivity contribution in [2.45, 2.75) is 19.4 Å². The van der Waals surface area contributed by atoms with Crippen molar-refractivity contribution in [3.63, 3.8) is 0 Å². The molecule has 29 heavy (non-hydrogen) atoms. The van der Waals surface area contributed by atoms with Crippen molar-refractivity contribution in [1.82, 2.24) is 14.3 Å². The van der Waals surface area contributed by atoms with Crippen molar-refractivity contribution >= 4 is 45.8 Å². The largest absolute Gasteiger partial charge is 0.343 e. The second-order valence-corrected chi connectivity index (χ2v) is 8.65. The molecule has 0 saturated carbocycles. The summed E-state index contributed by atoms with van der Waals surface area (Å²) in [5.41, 5.74) is 1.68. The van der Waals surface area contributed by atoms with Gasteiger partial charge in [0.2, 0.25) is 5.13 Å². The number of benzene rings is 2. The third-order valence-electron chi connectivity index (χ3n) is 4.98. The van der Waals surface area contributed by atoms with E-state index in [-0.39, 0.29) is 11.9 Å². The molecule has 0 radical (unpaired) electrons. The van der Waals surface area contributed by atoms with Gasteiger partial charge in [-0.25, -0.2) is 4.98 Å². The summed E-state index contributed by atoms with van der Waals surface area (Å²) < 4.78 is 4.51. The molecule has 1 amide bonds. The number of halogens is 2. The molecule has 2 aromatic carbocycles. The van der Waals surface area contributed by atoms with Gasteiger partial charge in [0.05, 0.1) is 10.6 Å². The van der Waals surface area contributed by atoms with Crippen LogP contribution in [0, 0.1) is 0 Å². The van der Waals surface area contributed by atoms with Gasteiger partial charge in [-0.3, -0.25) is 4.79 Å². The maximum atomic E-state index is 12.9. The van der Waals surface area contributed by atoms with Gasteiger partial charge in [-0.15, -0.1) is 0 Å². The van der Waals surface area contributed by atoms with Crippen molar-refractivity contribution < 1.29 is 4.79 Å². The monoisotopic (exact) mass is 446 g/mol. The Labute approximate surface area is 184 Å². The molecule has 4 rings (SSSR count). The molecule has 1 unspecified atom stereocenters. The molecule has 1 aliphatic heterocycles. The van der Waals surface area contributed by atoms with Gasteiger partial charge in [0.25, 0.3) is 5.91 Å². The van der Waals surface area contributed by atoms with E-state index in [0.717, 1.165) is 17.4 Å². The Balaban J connectivity index is 1.42. The second-order valence-electron chi connectivity index (χ2n) is 7.07. The molecule has 1 atom stereocenters. The third kappa shape index (κ3) is 4.55. The molecule has 0 N–H and O–H groups in total. The quantitative estimate of drug-likeness (QED) is 0.577. The lowest BCUT2D eigenvalue weighted by molar-refractivity contribution is 0.0674. The highest BCUT2D eigenvalue weighted by Crippen LogP contribution is 2.26. The fourth-order valence-electron chi connectivity index (χ4n) is 3.47. The highest BCUT2D eigenvalue weighted by Gasteiger charge is 2.30. The van der Waals surface area contributed by atoms with E-state index >= 15 is 0 Å². The summed E-state index contributed by atoms with van der Waals surface area (Å²) in [7, 11) is 0. The minimum absolute atomic E-state index is 0.0319. The summed E-state index contributed by atoms with van der Waals surface area (Å²) in [5.74, 6) is 0.760. The summed E-state index contributed by atoms with van der Waals surface area (Å²) >= 11 is 13.6. The highest BCUT2D eigenvalue weighted by molar-refractivity contribution is 7.09. The second kappa shape index (κ2) is 8.69. The van der Waals surface area contributed by atoms with Crippen LogP contribution in [0.3, 0.4) is 0 Å². The number of rotatable bonds is 4. The number of carbonyl (C=O) groups is 1. The summed E-state index contributed by atoms with van der Waals surface area (Å²) in [5, 5.41) is 1.80. The molecule has 1 fully saturated rings. The minimum Gasteiger partial charge on any atom is -0.343 e. The van der Waals surface area contributed by atoms with E-state index in [2.05, 4.69) is 21.4 Å². The van der Waals surface area contributed by atoms with Crippen molar-refractivity contribution in [1.29, 1.82) is 0 Å². The Morgan fingerprint density at radius 1 is 1.17 bits per heavy atom. The first-order chi connectivity index (χ1) is 14.0. The van der Waals surface area contributed by atoms with E-state index in [1.54, 1.807) is 18.2 Å². The summed E-state index contributed by atoms with van der Waals surface area (Å²) in [6, 6.07) is 15.2. The summed E-state index contributed by atoms with van der Waals surface area (Å²) in [6.45, 7) is 4.06. The van der Waals surface area contributed by atoms with E-state index in [4.69, 9.17) is 28.2 Å². The predicted molar refractivity (Wildman–Crippen MR) is 118 cm³/mol. The normalized spacial score (nSPS) is 16.9. The Hall–Kier alpha value is -2.15. The standard InChI is InChI=1S/C21H20Cl2N4OS/c1-14-13-26(21-24-19(25-29-21)11-15-5-3-2-4-6-15)9-10-27(14)20(28)17-8-7-16(22)12-18(17)23/h2-8,12,14H,9-11,13H2,1H3. The molecule has 1 aromatic heterocycles. The van der Waals surface area contributed by atoms with Crippen LogP contribution >= 0.6 is 34.7 Å². The number of nitrogens with zero attached hydrogens (tertiary/aromatic N) is 4. The number of piperazine rings is 1. The average Bonchev–Trinajstić information content (AvgIpc) is 3.17. The molecule has 0 spiro atoms. The van der Waals surface area contributed by atoms with Gasteiger partial charge in [0, 0.05) is 48.7 Å². The third-order valence-corrected chi connectivity index (χ3v) is 6.35. The van der Waals surface area contributed by atoms with Gasteiger partial charge in [0.1, 0.15) is 5.82 Å². The topological polar surface area (TPSA) is 49.3 Å². The first kappa shape index (κ1) is 20.1. The van der Waals surface area contributed by atoms with E-state index in [1.165, 1.54) is 17.1 Å². The Morgan fingerprint density at radius 3 is 2.69 bits per heavy atom. The molecule has 2 heterocycles. The zero-order valence-electron chi connectivity index (χ0n) is 15.9. The highest BCUT2D eigenvalue weighted by atomic mass is 35.5. The zero-order valence-corrected chi connectivity index (χ0v) is 18.2. The first-order valence-corrected chi connectivity index (χ1v) is 10.9. The lowest BCUT2D eigenvalue weighted by atomic mass is 10.1. The molecule has 0 bridgehead atoms. The predicted octanol–water partition coefficient (Wildman–Crippen LogP) is 4.79. The van der Waals surface area contributed by atoms with Crippen molar-refractivity contribution in [2.24, 2.45) is 0 Å². The maximum absolute atomic E-state index is 12.9. The number of hydrogen-bond acceptors (Lipinski definition) is 5. The Kier molecular flexibility index (Phi) is 6.04. The van der Waals surface area contributed by atoms with Crippen LogP contribution in [0.25, 0.3) is 0 Å². The summed E-state index contributed by atoms with van der Waals surface area (Å²) in [4.78, 5) is 21.7.